The van der Waals surface area contributed by atoms with Crippen LogP contribution >= 0.6 is 0 Å². The SMILES string of the molecule is COc1cc2c(c(O)c1O)C(=O)c1ccccc1C2=O. The van der Waals surface area contributed by atoms with Gasteiger partial charge < -0.3 is 14.9 Å². The minimum Gasteiger partial charge on any atom is -0.504 e. The summed E-state index contributed by atoms with van der Waals surface area (Å²) in [6, 6.07) is 7.62. The molecule has 0 bridgehead atoms. The average molecular weight is 270 g/mol. The molecule has 2 aromatic carbocycles. The number of fused-ring (bicyclic) bond motifs is 2. The van der Waals surface area contributed by atoms with Gasteiger partial charge >= 0.3 is 0 Å². The summed E-state index contributed by atoms with van der Waals surface area (Å²) in [6.07, 6.45) is 0. The van der Waals surface area contributed by atoms with E-state index in [-0.39, 0.29) is 33.8 Å². The first-order chi connectivity index (χ1) is 9.56. The molecule has 0 atom stereocenters. The highest BCUT2D eigenvalue weighted by Gasteiger charge is 2.34. The maximum Gasteiger partial charge on any atom is 0.201 e. The highest BCUT2D eigenvalue weighted by molar-refractivity contribution is 6.29. The van der Waals surface area contributed by atoms with Crippen LogP contribution in [0.25, 0.3) is 0 Å². The van der Waals surface area contributed by atoms with Crippen molar-refractivity contribution in [3.05, 3.63) is 52.6 Å². The van der Waals surface area contributed by atoms with Crippen molar-refractivity contribution in [2.24, 2.45) is 0 Å². The Morgan fingerprint density at radius 2 is 1.50 bits per heavy atom. The van der Waals surface area contributed by atoms with Gasteiger partial charge in [-0.05, 0) is 6.07 Å². The van der Waals surface area contributed by atoms with Crippen LogP contribution < -0.4 is 4.74 Å². The number of ketones is 2. The number of hydrogen-bond acceptors (Lipinski definition) is 5. The lowest BCUT2D eigenvalue weighted by Crippen LogP contribution is -2.21. The van der Waals surface area contributed by atoms with Crippen molar-refractivity contribution in [1.29, 1.82) is 0 Å². The summed E-state index contributed by atoms with van der Waals surface area (Å²) >= 11 is 0. The number of methoxy groups -OCH3 is 1. The van der Waals surface area contributed by atoms with Gasteiger partial charge in [-0.1, -0.05) is 24.3 Å². The molecule has 3 rings (SSSR count). The number of rotatable bonds is 1. The lowest BCUT2D eigenvalue weighted by Gasteiger charge is -2.19. The first-order valence-electron chi connectivity index (χ1n) is 5.87. The van der Waals surface area contributed by atoms with E-state index < -0.39 is 17.3 Å². The standard InChI is InChI=1S/C15H10O5/c1-20-10-6-9-11(15(19)14(10)18)13(17)8-5-3-2-4-7(8)12(9)16/h2-6,18-19H,1H3. The predicted octanol–water partition coefficient (Wildman–Crippen LogP) is 1.88. The van der Waals surface area contributed by atoms with Gasteiger partial charge in [-0.3, -0.25) is 9.59 Å². The van der Waals surface area contributed by atoms with Crippen LogP contribution in [0.4, 0.5) is 0 Å². The molecule has 5 heteroatoms. The van der Waals surface area contributed by atoms with Crippen LogP contribution in [0, 0.1) is 0 Å². The topological polar surface area (TPSA) is 83.8 Å². The molecule has 0 heterocycles. The molecule has 100 valence electrons. The molecule has 0 aliphatic heterocycles. The minimum atomic E-state index is -0.632. The number of carbonyl (C=O) groups excluding carboxylic acids is 2. The van der Waals surface area contributed by atoms with E-state index in [9.17, 15) is 19.8 Å². The molecule has 2 N–H and O–H groups in total. The summed E-state index contributed by atoms with van der Waals surface area (Å²) in [4.78, 5) is 24.7. The van der Waals surface area contributed by atoms with E-state index in [1.165, 1.54) is 19.2 Å². The zero-order valence-electron chi connectivity index (χ0n) is 10.5. The van der Waals surface area contributed by atoms with E-state index in [0.717, 1.165) is 0 Å². The van der Waals surface area contributed by atoms with Gasteiger partial charge in [-0.15, -0.1) is 0 Å². The van der Waals surface area contributed by atoms with Gasteiger partial charge in [-0.25, -0.2) is 0 Å². The lowest BCUT2D eigenvalue weighted by atomic mass is 9.83. The third-order valence-electron chi connectivity index (χ3n) is 3.35. The predicted molar refractivity (Wildman–Crippen MR) is 69.6 cm³/mol. The molecular formula is C15H10O5. The molecule has 1 aliphatic carbocycles. The molecule has 5 nitrogen and oxygen atoms in total. The van der Waals surface area contributed by atoms with Gasteiger partial charge in [0.05, 0.1) is 12.7 Å². The normalized spacial score (nSPS) is 12.8. The van der Waals surface area contributed by atoms with Crippen molar-refractivity contribution in [2.75, 3.05) is 7.11 Å². The summed E-state index contributed by atoms with van der Waals surface area (Å²) in [5.41, 5.74) is 0.329. The molecule has 2 aromatic rings. The van der Waals surface area contributed by atoms with Crippen LogP contribution in [0.2, 0.25) is 0 Å². The van der Waals surface area contributed by atoms with Crippen molar-refractivity contribution in [1.82, 2.24) is 0 Å². The zero-order valence-corrected chi connectivity index (χ0v) is 10.5. The Morgan fingerprint density at radius 1 is 0.900 bits per heavy atom. The third kappa shape index (κ3) is 1.43. The van der Waals surface area contributed by atoms with Gasteiger partial charge in [0, 0.05) is 16.7 Å². The van der Waals surface area contributed by atoms with Crippen LogP contribution in [-0.4, -0.2) is 28.9 Å². The maximum atomic E-state index is 12.4. The first kappa shape index (κ1) is 12.2. The minimum absolute atomic E-state index is 0.0286. The van der Waals surface area contributed by atoms with E-state index in [0.29, 0.717) is 0 Å². The van der Waals surface area contributed by atoms with Crippen LogP contribution in [0.5, 0.6) is 17.2 Å². The molecule has 0 fully saturated rings. The van der Waals surface area contributed by atoms with Crippen LogP contribution in [-0.2, 0) is 0 Å². The lowest BCUT2D eigenvalue weighted by molar-refractivity contribution is 0.0975. The quantitative estimate of drug-likeness (QED) is 0.659. The summed E-state index contributed by atoms with van der Waals surface area (Å²) < 4.78 is 4.89. The van der Waals surface area contributed by atoms with Gasteiger partial charge in [-0.2, -0.15) is 0 Å². The number of aromatic hydroxyl groups is 2. The van der Waals surface area contributed by atoms with Crippen molar-refractivity contribution >= 4 is 11.6 Å². The number of benzene rings is 2. The highest BCUT2D eigenvalue weighted by atomic mass is 16.5. The molecule has 0 radical (unpaired) electrons. The summed E-state index contributed by atoms with van der Waals surface area (Å²) in [7, 11) is 1.30. The Bertz CT molecular complexity index is 761. The molecule has 0 unspecified atom stereocenters. The van der Waals surface area contributed by atoms with Crippen molar-refractivity contribution in [2.45, 2.75) is 0 Å². The second kappa shape index (κ2) is 4.09. The van der Waals surface area contributed by atoms with Crippen LogP contribution in [0.15, 0.2) is 30.3 Å². The summed E-state index contributed by atoms with van der Waals surface area (Å²) in [5, 5.41) is 19.7. The van der Waals surface area contributed by atoms with Gasteiger partial charge in [0.15, 0.2) is 23.1 Å². The van der Waals surface area contributed by atoms with E-state index in [1.54, 1.807) is 18.2 Å². The monoisotopic (exact) mass is 270 g/mol. The Labute approximate surface area is 114 Å². The maximum absolute atomic E-state index is 12.4. The fourth-order valence-electron chi connectivity index (χ4n) is 2.36. The molecule has 0 saturated heterocycles. The number of hydrogen-bond donors (Lipinski definition) is 2. The Balaban J connectivity index is 2.36. The second-order valence-electron chi connectivity index (χ2n) is 4.40. The molecule has 0 spiro atoms. The van der Waals surface area contributed by atoms with Crippen molar-refractivity contribution < 1.29 is 24.5 Å². The van der Waals surface area contributed by atoms with Crippen LogP contribution in [0.1, 0.15) is 31.8 Å². The average Bonchev–Trinajstić information content (AvgIpc) is 2.47. The van der Waals surface area contributed by atoms with Gasteiger partial charge in [0.1, 0.15) is 0 Å². The van der Waals surface area contributed by atoms with E-state index in [2.05, 4.69) is 0 Å². The molecular weight excluding hydrogens is 260 g/mol. The van der Waals surface area contributed by atoms with Crippen LogP contribution in [0.3, 0.4) is 0 Å². The Morgan fingerprint density at radius 3 is 2.10 bits per heavy atom. The number of ether oxygens (including phenoxy) is 1. The number of phenols is 2. The molecule has 0 aromatic heterocycles. The second-order valence-corrected chi connectivity index (χ2v) is 4.40. The number of phenolic OH excluding ortho intramolecular Hbond substituents is 2. The summed E-state index contributed by atoms with van der Waals surface area (Å²) in [5.74, 6) is -2.12. The third-order valence-corrected chi connectivity index (χ3v) is 3.35. The van der Waals surface area contributed by atoms with Crippen molar-refractivity contribution in [3.63, 3.8) is 0 Å². The molecule has 0 amide bonds. The van der Waals surface area contributed by atoms with E-state index in [4.69, 9.17) is 4.74 Å². The molecule has 0 saturated carbocycles. The van der Waals surface area contributed by atoms with Crippen molar-refractivity contribution in [3.8, 4) is 17.2 Å². The smallest absolute Gasteiger partial charge is 0.201 e. The van der Waals surface area contributed by atoms with Gasteiger partial charge in [0.2, 0.25) is 5.75 Å². The fourth-order valence-corrected chi connectivity index (χ4v) is 2.36. The van der Waals surface area contributed by atoms with E-state index in [1.807, 2.05) is 0 Å². The first-order valence-corrected chi connectivity index (χ1v) is 5.87. The van der Waals surface area contributed by atoms with E-state index >= 15 is 0 Å². The highest BCUT2D eigenvalue weighted by Crippen LogP contribution is 2.43. The molecule has 1 aliphatic rings. The molecule has 20 heavy (non-hydrogen) atoms. The largest absolute Gasteiger partial charge is 0.504 e. The Hall–Kier alpha value is -2.82. The fraction of sp³-hybridized carbons (Fsp3) is 0.0667. The van der Waals surface area contributed by atoms with Gasteiger partial charge in [0.25, 0.3) is 0 Å². The zero-order chi connectivity index (χ0) is 14.4. The number of carbonyl (C=O) groups is 2. The summed E-state index contributed by atoms with van der Waals surface area (Å²) in [6.45, 7) is 0. The Kier molecular flexibility index (Phi) is 2.50.